The SMILES string of the molecule is CCOC(=O)c1cn(Cc2ccc(OC)cc2OC)c2nc(N3CCC(NC(=O)OC(C)(C)C)C3)c(F)c(C)c2c1=O. The number of pyridine rings is 2. The van der Waals surface area contributed by atoms with Gasteiger partial charge >= 0.3 is 12.1 Å². The van der Waals surface area contributed by atoms with E-state index < -0.39 is 28.9 Å². The lowest BCUT2D eigenvalue weighted by molar-refractivity contribution is 0.0503. The first kappa shape index (κ1) is 30.6. The molecular formula is C30H37FN4O7. The number of benzene rings is 1. The molecular weight excluding hydrogens is 547 g/mol. The van der Waals surface area contributed by atoms with E-state index in [4.69, 9.17) is 18.9 Å². The molecule has 2 aromatic heterocycles. The highest BCUT2D eigenvalue weighted by molar-refractivity contribution is 5.94. The molecule has 1 N–H and O–H groups in total. The van der Waals surface area contributed by atoms with Crippen LogP contribution in [0, 0.1) is 12.7 Å². The van der Waals surface area contributed by atoms with E-state index in [1.807, 2.05) is 0 Å². The minimum absolute atomic E-state index is 0.0168. The van der Waals surface area contributed by atoms with Crippen LogP contribution in [-0.2, 0) is 16.0 Å². The van der Waals surface area contributed by atoms with E-state index in [1.165, 1.54) is 20.2 Å². The lowest BCUT2D eigenvalue weighted by atomic mass is 10.1. The Morgan fingerprint density at radius 1 is 1.19 bits per heavy atom. The fourth-order valence-corrected chi connectivity index (χ4v) is 4.94. The minimum Gasteiger partial charge on any atom is -0.497 e. The highest BCUT2D eigenvalue weighted by atomic mass is 19.1. The second-order valence-electron chi connectivity index (χ2n) is 11.0. The first-order valence-electron chi connectivity index (χ1n) is 13.7. The zero-order chi connectivity index (χ0) is 30.8. The normalized spacial score (nSPS) is 15.0. The molecule has 3 aromatic rings. The molecule has 12 heteroatoms. The lowest BCUT2D eigenvalue weighted by Gasteiger charge is -2.23. The van der Waals surface area contributed by atoms with Crippen molar-refractivity contribution in [2.24, 2.45) is 0 Å². The van der Waals surface area contributed by atoms with E-state index >= 15 is 4.39 Å². The van der Waals surface area contributed by atoms with Crippen LogP contribution in [0.2, 0.25) is 0 Å². The number of carbonyl (C=O) groups excluding carboxylic acids is 2. The summed E-state index contributed by atoms with van der Waals surface area (Å²) in [5.41, 5.74) is -0.566. The van der Waals surface area contributed by atoms with Crippen molar-refractivity contribution in [1.29, 1.82) is 0 Å². The highest BCUT2D eigenvalue weighted by Crippen LogP contribution is 2.30. The van der Waals surface area contributed by atoms with Gasteiger partial charge in [0.2, 0.25) is 5.43 Å². The molecule has 0 aliphatic carbocycles. The number of aromatic nitrogens is 2. The van der Waals surface area contributed by atoms with Crippen LogP contribution >= 0.6 is 0 Å². The van der Waals surface area contributed by atoms with Crippen molar-refractivity contribution in [3.63, 3.8) is 0 Å². The molecule has 11 nitrogen and oxygen atoms in total. The largest absolute Gasteiger partial charge is 0.497 e. The number of fused-ring (bicyclic) bond motifs is 1. The maximum absolute atomic E-state index is 15.9. The summed E-state index contributed by atoms with van der Waals surface area (Å²) < 4.78 is 38.9. The third kappa shape index (κ3) is 6.42. The standard InChI is InChI=1S/C30H37FN4O7/c1-8-41-28(37)21-16-35(14-18-9-10-20(39-6)13-22(18)40-7)26-23(25(21)36)17(2)24(31)27(33-26)34-12-11-19(15-34)32-29(38)42-30(3,4)5/h9-10,13,16,19H,8,11-12,14-15H2,1-7H3,(H,32,38). The maximum Gasteiger partial charge on any atom is 0.407 e. The molecule has 0 spiro atoms. The molecule has 1 aromatic carbocycles. The van der Waals surface area contributed by atoms with Gasteiger partial charge in [0.25, 0.3) is 0 Å². The predicted molar refractivity (Wildman–Crippen MR) is 155 cm³/mol. The van der Waals surface area contributed by atoms with Gasteiger partial charge in [-0.05, 0) is 53.2 Å². The number of nitrogens with one attached hydrogen (secondary N) is 1. The Hall–Kier alpha value is -4.35. The number of anilines is 1. The summed E-state index contributed by atoms with van der Waals surface area (Å²) in [7, 11) is 3.07. The highest BCUT2D eigenvalue weighted by Gasteiger charge is 2.31. The summed E-state index contributed by atoms with van der Waals surface area (Å²) in [4.78, 5) is 44.9. The number of hydrogen-bond donors (Lipinski definition) is 1. The summed E-state index contributed by atoms with van der Waals surface area (Å²) >= 11 is 0. The van der Waals surface area contributed by atoms with Gasteiger partial charge in [-0.15, -0.1) is 0 Å². The number of amides is 1. The number of rotatable bonds is 8. The number of nitrogens with zero attached hydrogens (tertiary/aromatic N) is 3. The number of esters is 1. The van der Waals surface area contributed by atoms with Gasteiger partial charge < -0.3 is 33.7 Å². The summed E-state index contributed by atoms with van der Waals surface area (Å²) in [6.07, 6.45) is 1.39. The van der Waals surface area contributed by atoms with E-state index in [0.717, 1.165) is 0 Å². The average Bonchev–Trinajstić information content (AvgIpc) is 3.38. The van der Waals surface area contributed by atoms with Crippen LogP contribution in [0.5, 0.6) is 11.5 Å². The molecule has 226 valence electrons. The Bertz CT molecular complexity index is 1560. The number of aryl methyl sites for hydroxylation is 1. The number of hydrogen-bond acceptors (Lipinski definition) is 9. The molecule has 1 aliphatic heterocycles. The van der Waals surface area contributed by atoms with Crippen molar-refractivity contribution < 1.29 is 32.9 Å². The summed E-state index contributed by atoms with van der Waals surface area (Å²) in [5, 5.41) is 2.81. The van der Waals surface area contributed by atoms with Crippen molar-refractivity contribution >= 4 is 28.9 Å². The molecule has 0 bridgehead atoms. The Morgan fingerprint density at radius 2 is 1.93 bits per heavy atom. The quantitative estimate of drug-likeness (QED) is 0.389. The van der Waals surface area contributed by atoms with Gasteiger partial charge in [0.05, 0.1) is 38.8 Å². The van der Waals surface area contributed by atoms with Crippen LogP contribution in [0.25, 0.3) is 11.0 Å². The van der Waals surface area contributed by atoms with Gasteiger partial charge in [0.15, 0.2) is 11.6 Å². The molecule has 3 heterocycles. The smallest absolute Gasteiger partial charge is 0.407 e. The molecule has 1 atom stereocenters. The van der Waals surface area contributed by atoms with E-state index in [2.05, 4.69) is 10.3 Å². The molecule has 1 aliphatic rings. The van der Waals surface area contributed by atoms with Crippen LogP contribution in [0.15, 0.2) is 29.2 Å². The van der Waals surface area contributed by atoms with Crippen molar-refractivity contribution in [1.82, 2.24) is 14.9 Å². The molecule has 1 amide bonds. The maximum atomic E-state index is 15.9. The monoisotopic (exact) mass is 584 g/mol. The second-order valence-corrected chi connectivity index (χ2v) is 11.0. The Balaban J connectivity index is 1.80. The molecule has 1 saturated heterocycles. The summed E-state index contributed by atoms with van der Waals surface area (Å²) in [6, 6.07) is 5.00. The van der Waals surface area contributed by atoms with Gasteiger partial charge in [-0.1, -0.05) is 0 Å². The third-order valence-electron chi connectivity index (χ3n) is 6.90. The second kappa shape index (κ2) is 12.3. The van der Waals surface area contributed by atoms with Crippen LogP contribution < -0.4 is 25.1 Å². The first-order chi connectivity index (χ1) is 19.9. The van der Waals surface area contributed by atoms with Crippen LogP contribution in [0.4, 0.5) is 15.0 Å². The molecule has 1 fully saturated rings. The Morgan fingerprint density at radius 3 is 2.57 bits per heavy atom. The van der Waals surface area contributed by atoms with Crippen LogP contribution in [-0.4, -0.2) is 67.2 Å². The Kier molecular flexibility index (Phi) is 8.93. The topological polar surface area (TPSA) is 121 Å². The van der Waals surface area contributed by atoms with E-state index in [0.29, 0.717) is 36.6 Å². The van der Waals surface area contributed by atoms with E-state index in [-0.39, 0.29) is 47.2 Å². The zero-order valence-electron chi connectivity index (χ0n) is 25.0. The minimum atomic E-state index is -0.806. The van der Waals surface area contributed by atoms with Crippen LogP contribution in [0.1, 0.15) is 55.6 Å². The number of ether oxygens (including phenoxy) is 4. The molecule has 0 saturated carbocycles. The van der Waals surface area contributed by atoms with E-state index in [1.54, 1.807) is 62.5 Å². The summed E-state index contributed by atoms with van der Waals surface area (Å²) in [6.45, 7) is 9.40. The summed E-state index contributed by atoms with van der Waals surface area (Å²) in [5.74, 6) is -0.318. The first-order valence-corrected chi connectivity index (χ1v) is 13.7. The molecule has 0 radical (unpaired) electrons. The van der Waals surface area contributed by atoms with Gasteiger partial charge in [0, 0.05) is 36.5 Å². The zero-order valence-corrected chi connectivity index (χ0v) is 25.0. The van der Waals surface area contributed by atoms with Gasteiger partial charge in [-0.2, -0.15) is 0 Å². The number of halogens is 1. The van der Waals surface area contributed by atoms with Crippen molar-refractivity contribution in [2.75, 3.05) is 38.8 Å². The number of alkyl carbamates (subject to hydrolysis) is 1. The lowest BCUT2D eigenvalue weighted by Crippen LogP contribution is -2.40. The van der Waals surface area contributed by atoms with Crippen molar-refractivity contribution in [2.45, 2.75) is 59.2 Å². The number of methoxy groups -OCH3 is 2. The van der Waals surface area contributed by atoms with Gasteiger partial charge in [0.1, 0.15) is 28.3 Å². The average molecular weight is 585 g/mol. The van der Waals surface area contributed by atoms with E-state index in [9.17, 15) is 14.4 Å². The van der Waals surface area contributed by atoms with Gasteiger partial charge in [-0.3, -0.25) is 4.79 Å². The van der Waals surface area contributed by atoms with Crippen molar-refractivity contribution in [3.8, 4) is 11.5 Å². The van der Waals surface area contributed by atoms with Crippen molar-refractivity contribution in [3.05, 3.63) is 57.1 Å². The third-order valence-corrected chi connectivity index (χ3v) is 6.90. The predicted octanol–water partition coefficient (Wildman–Crippen LogP) is 4.19. The number of carbonyl (C=O) groups is 2. The fourth-order valence-electron chi connectivity index (χ4n) is 4.94. The molecule has 4 rings (SSSR count). The van der Waals surface area contributed by atoms with Gasteiger partial charge in [-0.25, -0.2) is 19.0 Å². The molecule has 1 unspecified atom stereocenters. The van der Waals surface area contributed by atoms with Crippen LogP contribution in [0.3, 0.4) is 0 Å². The Labute approximate surface area is 243 Å². The molecule has 42 heavy (non-hydrogen) atoms. The fraction of sp³-hybridized carbons (Fsp3) is 0.467.